The van der Waals surface area contributed by atoms with Crippen molar-refractivity contribution in [3.05, 3.63) is 0 Å². The first kappa shape index (κ1) is 18.1. The zero-order valence-electron chi connectivity index (χ0n) is 4.67. The van der Waals surface area contributed by atoms with Gasteiger partial charge < -0.3 is 0 Å². The molecule has 0 aromatic carbocycles. The normalized spacial score (nSPS) is 19.2. The van der Waals surface area contributed by atoms with Crippen LogP contribution in [0, 0.1) is 0 Å². The molecule has 0 atom stereocenters. The molecule has 0 radical (unpaired) electrons. The zero-order chi connectivity index (χ0) is 10.9. The third-order valence-electron chi connectivity index (χ3n) is 0. The Bertz CT molecular complexity index is 94.2. The summed E-state index contributed by atoms with van der Waals surface area (Å²) in [5.74, 6) is 0. The van der Waals surface area contributed by atoms with Crippen LogP contribution in [0.1, 0.15) is 0 Å². The average molecular weight is 416 g/mol. The van der Waals surface area contributed by atoms with Gasteiger partial charge in [0.25, 0.3) is 0 Å². The van der Waals surface area contributed by atoms with Crippen LogP contribution in [0.3, 0.4) is 0 Å². The molecule has 12 heavy (non-hydrogen) atoms. The summed E-state index contributed by atoms with van der Waals surface area (Å²) in [6.07, 6.45) is 0. The van der Waals surface area contributed by atoms with Crippen LogP contribution in [-0.2, 0) is 0 Å². The molecule has 0 fully saturated rings. The van der Waals surface area contributed by atoms with Crippen molar-refractivity contribution in [2.75, 3.05) is 0 Å². The van der Waals surface area contributed by atoms with Crippen LogP contribution < -0.4 is 0 Å². The Morgan fingerprint density at radius 2 is 0.333 bits per heavy atom. The van der Waals surface area contributed by atoms with Gasteiger partial charge in [0.05, 0.1) is 0 Å². The van der Waals surface area contributed by atoms with Crippen LogP contribution in [0.5, 0.6) is 0 Å². The number of hydrogen-bond donors (Lipinski definition) is 0. The molecule has 0 unspecified atom stereocenters. The molecule has 0 rings (SSSR count). The topological polar surface area (TPSA) is 0 Å². The molecule has 80 valence electrons. The molecular weight excluding hydrogens is 416 g/mol. The first-order valence-electron chi connectivity index (χ1n) is 1.69. The van der Waals surface area contributed by atoms with Gasteiger partial charge in [-0.3, -0.25) is 0 Å². The van der Waals surface area contributed by atoms with Gasteiger partial charge in [-0.25, -0.2) is 0 Å². The molecule has 0 bridgehead atoms. The van der Waals surface area contributed by atoms with Crippen LogP contribution in [0.2, 0.25) is 0 Å². The molecule has 0 aliphatic heterocycles. The Kier molecular flexibility index (Phi) is 7.48. The van der Waals surface area contributed by atoms with Gasteiger partial charge in [0.15, 0.2) is 0 Å². The minimum absolute atomic E-state index is 3.69. The van der Waals surface area contributed by atoms with E-state index in [0.717, 1.165) is 0 Å². The van der Waals surface area contributed by atoms with E-state index in [1.165, 1.54) is 0 Å². The van der Waals surface area contributed by atoms with Crippen molar-refractivity contribution in [3.63, 3.8) is 0 Å². The summed E-state index contributed by atoms with van der Waals surface area (Å²) in [6.45, 7) is 0. The van der Waals surface area contributed by atoms with E-state index in [2.05, 4.69) is 0 Å². The number of rotatable bonds is 0. The van der Waals surface area contributed by atoms with Crippen molar-refractivity contribution in [2.24, 2.45) is 0 Å². The van der Waals surface area contributed by atoms with E-state index < -0.39 is 6.73 Å². The average Bonchev–Trinajstić information content (AvgIpc) is 1.02. The van der Waals surface area contributed by atoms with Crippen LogP contribution in [-0.4, -0.2) is 0 Å². The molecule has 0 saturated heterocycles. The van der Waals surface area contributed by atoms with E-state index in [0.29, 0.717) is 0 Å². The molecular formula is Cl10P2. The predicted octanol–water partition coefficient (Wildman–Crippen LogP) is 8.62. The van der Waals surface area contributed by atoms with E-state index in [4.69, 9.17) is 112 Å². The van der Waals surface area contributed by atoms with Crippen LogP contribution >= 0.6 is 119 Å². The fraction of sp³-hybridized carbons (Fsp3) is 0. The maximum atomic E-state index is 4.98. The zero-order valence-corrected chi connectivity index (χ0v) is 14.0. The fourth-order valence-corrected chi connectivity index (χ4v) is 0. The van der Waals surface area contributed by atoms with Gasteiger partial charge in [-0.05, 0) is 0 Å². The second-order valence-corrected chi connectivity index (χ2v) is 34.5. The predicted molar refractivity (Wildman–Crippen MR) is 72.4 cm³/mol. The molecule has 0 nitrogen and oxygen atoms in total. The number of halogens is 10. The van der Waals surface area contributed by atoms with Gasteiger partial charge in [-0.1, -0.05) is 0 Å². The van der Waals surface area contributed by atoms with Gasteiger partial charge in [0.2, 0.25) is 0 Å². The quantitative estimate of drug-likeness (QED) is 0.347. The van der Waals surface area contributed by atoms with E-state index in [1.54, 1.807) is 0 Å². The molecule has 0 N–H and O–H groups in total. The van der Waals surface area contributed by atoms with Gasteiger partial charge >= 0.3 is 119 Å². The molecule has 0 aliphatic rings. The van der Waals surface area contributed by atoms with E-state index in [9.17, 15) is 0 Å². The molecule has 0 aromatic rings. The second-order valence-electron chi connectivity index (χ2n) is 1.28. The summed E-state index contributed by atoms with van der Waals surface area (Å²) in [6, 6.07) is 0. The number of hydrogen-bond acceptors (Lipinski definition) is 0. The summed E-state index contributed by atoms with van der Waals surface area (Å²) in [4.78, 5) is 0. The van der Waals surface area contributed by atoms with Gasteiger partial charge in [0, 0.05) is 0 Å². The first-order valence-corrected chi connectivity index (χ1v) is 15.2. The standard InChI is InChI=1S/2Cl5P/c2*1-6(2,3,4)5. The minimum atomic E-state index is -3.69. The van der Waals surface area contributed by atoms with Crippen LogP contribution in [0.4, 0.5) is 0 Å². The third-order valence-corrected chi connectivity index (χ3v) is 0. The molecule has 12 heteroatoms. The van der Waals surface area contributed by atoms with Gasteiger partial charge in [-0.2, -0.15) is 0 Å². The van der Waals surface area contributed by atoms with Gasteiger partial charge in [0.1, 0.15) is 0 Å². The summed E-state index contributed by atoms with van der Waals surface area (Å²) in [5.41, 5.74) is 0. The molecule has 0 aliphatic carbocycles. The molecule has 0 aromatic heterocycles. The maximum absolute atomic E-state index is 4.98. The Morgan fingerprint density at radius 1 is 0.333 bits per heavy atom. The Balaban J connectivity index is 0. The molecule has 0 amide bonds. The fourth-order valence-electron chi connectivity index (χ4n) is 0. The van der Waals surface area contributed by atoms with Crippen LogP contribution in [0.15, 0.2) is 0 Å². The SMILES string of the molecule is ClP(Cl)(Cl)(Cl)Cl.ClP(Cl)(Cl)(Cl)Cl. The third kappa shape index (κ3) is 158. The van der Waals surface area contributed by atoms with Crippen molar-refractivity contribution in [2.45, 2.75) is 0 Å². The summed E-state index contributed by atoms with van der Waals surface area (Å²) < 4.78 is -7.38. The monoisotopic (exact) mass is 412 g/mol. The Hall–Kier alpha value is 3.76. The van der Waals surface area contributed by atoms with Crippen molar-refractivity contribution < 1.29 is 0 Å². The Morgan fingerprint density at radius 3 is 0.333 bits per heavy atom. The first-order chi connectivity index (χ1) is 4.47. The summed E-state index contributed by atoms with van der Waals surface area (Å²) in [7, 11) is 0. The second kappa shape index (κ2) is 4.95. The Labute approximate surface area is 118 Å². The summed E-state index contributed by atoms with van der Waals surface area (Å²) >= 11 is 49.8. The molecule has 0 heterocycles. The van der Waals surface area contributed by atoms with Crippen molar-refractivity contribution in [1.82, 2.24) is 0 Å². The molecule has 0 saturated carbocycles. The van der Waals surface area contributed by atoms with Crippen LogP contribution in [0.25, 0.3) is 0 Å². The van der Waals surface area contributed by atoms with Crippen molar-refractivity contribution in [1.29, 1.82) is 0 Å². The van der Waals surface area contributed by atoms with E-state index in [-0.39, 0.29) is 0 Å². The van der Waals surface area contributed by atoms with Crippen molar-refractivity contribution >= 4 is 119 Å². The summed E-state index contributed by atoms with van der Waals surface area (Å²) in [5, 5.41) is 0. The van der Waals surface area contributed by atoms with Gasteiger partial charge in [-0.15, -0.1) is 0 Å². The van der Waals surface area contributed by atoms with E-state index >= 15 is 0 Å². The van der Waals surface area contributed by atoms with E-state index in [1.807, 2.05) is 0 Å². The molecule has 0 spiro atoms. The van der Waals surface area contributed by atoms with Crippen molar-refractivity contribution in [3.8, 4) is 0 Å².